The van der Waals surface area contributed by atoms with Gasteiger partial charge in [-0.25, -0.2) is 4.98 Å². The van der Waals surface area contributed by atoms with E-state index < -0.39 is 0 Å². The lowest BCUT2D eigenvalue weighted by Gasteiger charge is -2.19. The van der Waals surface area contributed by atoms with E-state index in [1.165, 1.54) is 10.0 Å². The second kappa shape index (κ2) is 6.87. The second-order valence-electron chi connectivity index (χ2n) is 4.62. The largest absolute Gasteiger partial charge is 0.338 e. The van der Waals surface area contributed by atoms with E-state index >= 15 is 0 Å². The molecule has 102 valence electrons. The third kappa shape index (κ3) is 3.67. The van der Waals surface area contributed by atoms with Gasteiger partial charge in [-0.05, 0) is 24.6 Å². The van der Waals surface area contributed by atoms with Crippen molar-refractivity contribution < 1.29 is 0 Å². The lowest BCUT2D eigenvalue weighted by atomic mass is 10.0. The number of aryl methyl sites for hydroxylation is 2. The monoisotopic (exact) mass is 321 g/mol. The van der Waals surface area contributed by atoms with Gasteiger partial charge in [0.25, 0.3) is 0 Å². The highest BCUT2D eigenvalue weighted by Gasteiger charge is 2.14. The molecule has 19 heavy (non-hydrogen) atoms. The number of imidazole rings is 1. The first-order valence-corrected chi connectivity index (χ1v) is 7.45. The molecule has 0 saturated heterocycles. The fraction of sp³-hybridized carbons (Fsp3) is 0.400. The summed E-state index contributed by atoms with van der Waals surface area (Å²) in [5, 5.41) is 3.55. The van der Waals surface area contributed by atoms with Crippen LogP contribution in [-0.4, -0.2) is 16.1 Å². The summed E-state index contributed by atoms with van der Waals surface area (Å²) in [5.41, 5.74) is 1.32. The molecule has 0 bridgehead atoms. The zero-order valence-electron chi connectivity index (χ0n) is 11.4. The zero-order chi connectivity index (χ0) is 13.7. The number of halogens is 1. The Morgan fingerprint density at radius 1 is 1.37 bits per heavy atom. The van der Waals surface area contributed by atoms with Crippen LogP contribution in [0.2, 0.25) is 0 Å². The molecule has 1 aromatic heterocycles. The lowest BCUT2D eigenvalue weighted by Crippen LogP contribution is -2.22. The molecule has 0 aliphatic heterocycles. The lowest BCUT2D eigenvalue weighted by molar-refractivity contribution is 0.504. The van der Waals surface area contributed by atoms with E-state index in [-0.39, 0.29) is 0 Å². The van der Waals surface area contributed by atoms with Gasteiger partial charge in [0, 0.05) is 36.4 Å². The van der Waals surface area contributed by atoms with Crippen molar-refractivity contribution in [1.29, 1.82) is 0 Å². The highest BCUT2D eigenvalue weighted by atomic mass is 79.9. The summed E-state index contributed by atoms with van der Waals surface area (Å²) in [6, 6.07) is 8.77. The molecule has 0 radical (unpaired) electrons. The maximum atomic E-state index is 4.39. The standard InChI is InChI=1S/C15H20BrN3/c1-3-17-14(12-6-4-5-7-13(12)16)8-9-15-18-10-11-19(15)2/h4-7,10-11,14,17H,3,8-9H2,1-2H3. The van der Waals surface area contributed by atoms with E-state index in [9.17, 15) is 0 Å². The second-order valence-corrected chi connectivity index (χ2v) is 5.48. The Balaban J connectivity index is 2.09. The molecule has 0 aliphatic rings. The number of nitrogens with zero attached hydrogens (tertiary/aromatic N) is 2. The van der Waals surface area contributed by atoms with Crippen molar-refractivity contribution in [3.63, 3.8) is 0 Å². The summed E-state index contributed by atoms with van der Waals surface area (Å²) in [5.74, 6) is 1.13. The molecular weight excluding hydrogens is 302 g/mol. The number of benzene rings is 1. The summed E-state index contributed by atoms with van der Waals surface area (Å²) in [7, 11) is 2.04. The summed E-state index contributed by atoms with van der Waals surface area (Å²) in [6.45, 7) is 3.11. The van der Waals surface area contributed by atoms with Crippen molar-refractivity contribution in [2.24, 2.45) is 7.05 Å². The van der Waals surface area contributed by atoms with Crippen LogP contribution >= 0.6 is 15.9 Å². The fourth-order valence-electron chi connectivity index (χ4n) is 2.28. The van der Waals surface area contributed by atoms with Crippen LogP contribution in [0, 0.1) is 0 Å². The van der Waals surface area contributed by atoms with Gasteiger partial charge < -0.3 is 9.88 Å². The van der Waals surface area contributed by atoms with Gasteiger partial charge in [0.05, 0.1) is 0 Å². The molecule has 2 rings (SSSR count). The predicted octanol–water partition coefficient (Wildman–Crippen LogP) is 3.47. The molecule has 4 heteroatoms. The SMILES string of the molecule is CCNC(CCc1nccn1C)c1ccccc1Br. The number of rotatable bonds is 6. The molecule has 1 atom stereocenters. The third-order valence-electron chi connectivity index (χ3n) is 3.31. The molecule has 0 aliphatic carbocycles. The Bertz CT molecular complexity index is 522. The Morgan fingerprint density at radius 2 is 2.16 bits per heavy atom. The first-order valence-electron chi connectivity index (χ1n) is 6.66. The van der Waals surface area contributed by atoms with Crippen LogP contribution in [-0.2, 0) is 13.5 Å². The van der Waals surface area contributed by atoms with Crippen LogP contribution in [0.5, 0.6) is 0 Å². The molecule has 1 N–H and O–H groups in total. The third-order valence-corrected chi connectivity index (χ3v) is 4.03. The van der Waals surface area contributed by atoms with Crippen molar-refractivity contribution >= 4 is 15.9 Å². The van der Waals surface area contributed by atoms with Gasteiger partial charge in [0.2, 0.25) is 0 Å². The van der Waals surface area contributed by atoms with Crippen LogP contribution in [0.4, 0.5) is 0 Å². The highest BCUT2D eigenvalue weighted by molar-refractivity contribution is 9.10. The fourth-order valence-corrected chi connectivity index (χ4v) is 2.84. The first kappa shape index (κ1) is 14.3. The van der Waals surface area contributed by atoms with E-state index in [0.717, 1.165) is 25.2 Å². The maximum absolute atomic E-state index is 4.39. The van der Waals surface area contributed by atoms with E-state index in [1.54, 1.807) is 0 Å². The van der Waals surface area contributed by atoms with Crippen LogP contribution in [0.15, 0.2) is 41.1 Å². The first-order chi connectivity index (χ1) is 9.22. The van der Waals surface area contributed by atoms with Crippen molar-refractivity contribution in [1.82, 2.24) is 14.9 Å². The van der Waals surface area contributed by atoms with Crippen molar-refractivity contribution in [3.05, 3.63) is 52.5 Å². The van der Waals surface area contributed by atoms with Gasteiger partial charge in [0.15, 0.2) is 0 Å². The molecule has 0 fully saturated rings. The molecule has 0 spiro atoms. The average molecular weight is 322 g/mol. The minimum atomic E-state index is 0.359. The number of hydrogen-bond acceptors (Lipinski definition) is 2. The van der Waals surface area contributed by atoms with Crippen LogP contribution in [0.3, 0.4) is 0 Å². The normalized spacial score (nSPS) is 12.6. The Labute approximate surface area is 123 Å². The number of hydrogen-bond donors (Lipinski definition) is 1. The highest BCUT2D eigenvalue weighted by Crippen LogP contribution is 2.26. The van der Waals surface area contributed by atoms with E-state index in [2.05, 4.69) is 62.0 Å². The van der Waals surface area contributed by atoms with Gasteiger partial charge in [0.1, 0.15) is 5.82 Å². The van der Waals surface area contributed by atoms with Crippen LogP contribution in [0.25, 0.3) is 0 Å². The Morgan fingerprint density at radius 3 is 2.79 bits per heavy atom. The minimum Gasteiger partial charge on any atom is -0.338 e. The minimum absolute atomic E-state index is 0.359. The van der Waals surface area contributed by atoms with Gasteiger partial charge in [-0.1, -0.05) is 41.1 Å². The summed E-state index contributed by atoms with van der Waals surface area (Å²) in [6.07, 6.45) is 5.87. The summed E-state index contributed by atoms with van der Waals surface area (Å²) >= 11 is 3.64. The molecule has 3 nitrogen and oxygen atoms in total. The summed E-state index contributed by atoms with van der Waals surface area (Å²) < 4.78 is 3.25. The van der Waals surface area contributed by atoms with E-state index in [4.69, 9.17) is 0 Å². The average Bonchev–Trinajstić information content (AvgIpc) is 2.81. The number of nitrogens with one attached hydrogen (secondary N) is 1. The smallest absolute Gasteiger partial charge is 0.108 e. The van der Waals surface area contributed by atoms with E-state index in [0.29, 0.717) is 6.04 Å². The van der Waals surface area contributed by atoms with Gasteiger partial charge >= 0.3 is 0 Å². The van der Waals surface area contributed by atoms with Crippen molar-refractivity contribution in [2.75, 3.05) is 6.54 Å². The molecule has 1 aromatic carbocycles. The van der Waals surface area contributed by atoms with Crippen LogP contribution in [0.1, 0.15) is 30.8 Å². The molecule has 0 saturated carbocycles. The predicted molar refractivity (Wildman–Crippen MR) is 82.1 cm³/mol. The van der Waals surface area contributed by atoms with Gasteiger partial charge in [-0.2, -0.15) is 0 Å². The zero-order valence-corrected chi connectivity index (χ0v) is 13.0. The maximum Gasteiger partial charge on any atom is 0.108 e. The van der Waals surface area contributed by atoms with Crippen molar-refractivity contribution in [2.45, 2.75) is 25.8 Å². The number of aromatic nitrogens is 2. The molecule has 2 aromatic rings. The van der Waals surface area contributed by atoms with E-state index in [1.807, 2.05) is 19.4 Å². The Hall–Kier alpha value is -1.13. The molecule has 0 amide bonds. The van der Waals surface area contributed by atoms with Crippen LogP contribution < -0.4 is 5.32 Å². The van der Waals surface area contributed by atoms with Gasteiger partial charge in [-0.15, -0.1) is 0 Å². The Kier molecular flexibility index (Phi) is 5.16. The summed E-state index contributed by atoms with van der Waals surface area (Å²) in [4.78, 5) is 4.39. The molecule has 1 heterocycles. The molecular formula is C15H20BrN3. The quantitative estimate of drug-likeness (QED) is 0.883. The topological polar surface area (TPSA) is 29.9 Å². The van der Waals surface area contributed by atoms with Crippen molar-refractivity contribution in [3.8, 4) is 0 Å². The molecule has 1 unspecified atom stereocenters. The van der Waals surface area contributed by atoms with Gasteiger partial charge in [-0.3, -0.25) is 0 Å².